The number of aromatic nitrogens is 2. The number of nitrogens with one attached hydrogen (secondary N) is 4. The summed E-state index contributed by atoms with van der Waals surface area (Å²) in [6.45, 7) is 9.02. The molecular weight excluding hydrogens is 703 g/mol. The van der Waals surface area contributed by atoms with E-state index in [4.69, 9.17) is 0 Å². The average Bonchev–Trinajstić information content (AvgIpc) is 3.76. The van der Waals surface area contributed by atoms with Crippen molar-refractivity contribution in [3.8, 4) is 5.75 Å². The number of aliphatic hydroxyl groups excluding tert-OH is 1. The zero-order valence-electron chi connectivity index (χ0n) is 31.5. The van der Waals surface area contributed by atoms with Crippen LogP contribution in [-0.2, 0) is 4.79 Å². The minimum Gasteiger partial charge on any atom is -0.405 e. The van der Waals surface area contributed by atoms with Crippen molar-refractivity contribution in [2.24, 2.45) is 28.3 Å². The zero-order valence-corrected chi connectivity index (χ0v) is 31.5. The number of aliphatic hydroxyl groups is 1. The molecule has 3 fully saturated rings. The standard InChI is InChI=1S/C39H54F3N7O5/c1-5-38(37(53)44-26-12-10-24(17-26)11-13-33(50)31-18-29(22(2)3)45-47-31)20-25(38)16-23(4)30-19-32(48-46-30)36(52)49-15-14-27(21-49)43-35(51)28-8-6-7-9-34(28)54-39(40,41)42/h6-9,18,22-27,32,37,44,48,53H,5,10-17,19-21H2,1-4H3,(H,43,51)(H,45,47)/t23?,24?,25?,26?,27?,32?,37-,38?/m0/s1. The maximum atomic E-state index is 13.4. The van der Waals surface area contributed by atoms with Crippen molar-refractivity contribution < 1.29 is 37.4 Å². The number of nitrogens with zero attached hydrogens (tertiary/aromatic N) is 3. The summed E-state index contributed by atoms with van der Waals surface area (Å²) in [5.41, 5.74) is 4.98. The molecule has 8 atom stereocenters. The van der Waals surface area contributed by atoms with E-state index < -0.39 is 36.3 Å². The van der Waals surface area contributed by atoms with Gasteiger partial charge in [0.25, 0.3) is 5.91 Å². The number of carbonyl (C=O) groups is 3. The number of aromatic amines is 1. The quantitative estimate of drug-likeness (QED) is 0.108. The number of likely N-dealkylation sites (tertiary alicyclic amines) is 1. The number of benzene rings is 1. The molecule has 0 radical (unpaired) electrons. The lowest BCUT2D eigenvalue weighted by atomic mass is 9.89. The Kier molecular flexibility index (Phi) is 12.1. The van der Waals surface area contributed by atoms with Crippen molar-refractivity contribution in [1.29, 1.82) is 0 Å². The molecular formula is C39H54F3N7O5. The summed E-state index contributed by atoms with van der Waals surface area (Å²) in [6.07, 6.45) is 2.27. The smallest absolute Gasteiger partial charge is 0.405 e. The van der Waals surface area contributed by atoms with Crippen LogP contribution in [0, 0.1) is 23.2 Å². The van der Waals surface area contributed by atoms with E-state index in [2.05, 4.69) is 63.8 Å². The van der Waals surface area contributed by atoms with E-state index in [1.807, 2.05) is 6.07 Å². The fourth-order valence-corrected chi connectivity index (χ4v) is 8.70. The predicted molar refractivity (Wildman–Crippen MR) is 196 cm³/mol. The number of ketones is 1. The highest BCUT2D eigenvalue weighted by Crippen LogP contribution is 2.60. The molecule has 1 aromatic carbocycles. The van der Waals surface area contributed by atoms with Crippen LogP contribution in [0.25, 0.3) is 0 Å². The summed E-state index contributed by atoms with van der Waals surface area (Å²) in [5.74, 6) is -0.160. The summed E-state index contributed by atoms with van der Waals surface area (Å²) in [6, 6.07) is 6.31. The van der Waals surface area contributed by atoms with Crippen LogP contribution < -0.4 is 20.8 Å². The van der Waals surface area contributed by atoms with Crippen LogP contribution in [0.3, 0.4) is 0 Å². The number of para-hydroxylation sites is 1. The van der Waals surface area contributed by atoms with Gasteiger partial charge in [0.1, 0.15) is 23.7 Å². The molecule has 15 heteroatoms. The van der Waals surface area contributed by atoms with Crippen molar-refractivity contribution in [3.63, 3.8) is 0 Å². The van der Waals surface area contributed by atoms with Crippen molar-refractivity contribution in [2.45, 2.75) is 129 Å². The summed E-state index contributed by atoms with van der Waals surface area (Å²) in [5, 5.41) is 29.4. The van der Waals surface area contributed by atoms with E-state index in [1.165, 1.54) is 18.2 Å². The highest BCUT2D eigenvalue weighted by molar-refractivity contribution is 5.97. The largest absolute Gasteiger partial charge is 0.573 e. The third-order valence-corrected chi connectivity index (χ3v) is 12.2. The van der Waals surface area contributed by atoms with Gasteiger partial charge in [0.2, 0.25) is 5.91 Å². The number of hydrogen-bond donors (Lipinski definition) is 5. The Morgan fingerprint density at radius 2 is 1.91 bits per heavy atom. The van der Waals surface area contributed by atoms with E-state index in [0.29, 0.717) is 49.3 Å². The molecule has 2 saturated carbocycles. The minimum absolute atomic E-state index is 0.0732. The first-order valence-corrected chi connectivity index (χ1v) is 19.4. The Morgan fingerprint density at radius 3 is 2.63 bits per heavy atom. The maximum absolute atomic E-state index is 13.4. The second kappa shape index (κ2) is 16.4. The van der Waals surface area contributed by atoms with Gasteiger partial charge in [-0.2, -0.15) is 10.2 Å². The van der Waals surface area contributed by atoms with Crippen LogP contribution in [-0.4, -0.2) is 87.3 Å². The number of H-pyrrole nitrogens is 1. The molecule has 0 spiro atoms. The first-order valence-electron chi connectivity index (χ1n) is 19.4. The van der Waals surface area contributed by atoms with Gasteiger partial charge >= 0.3 is 6.36 Å². The number of amides is 2. The molecule has 54 heavy (non-hydrogen) atoms. The Bertz CT molecular complexity index is 1700. The van der Waals surface area contributed by atoms with Crippen molar-refractivity contribution >= 4 is 23.3 Å². The Labute approximate surface area is 314 Å². The normalized spacial score (nSPS) is 27.8. The monoisotopic (exact) mass is 757 g/mol. The second-order valence-corrected chi connectivity index (χ2v) is 16.2. The molecule has 2 aromatic rings. The maximum Gasteiger partial charge on any atom is 0.573 e. The molecule has 7 unspecified atom stereocenters. The number of rotatable bonds is 16. The van der Waals surface area contributed by atoms with Crippen LogP contribution in [0.2, 0.25) is 0 Å². The van der Waals surface area contributed by atoms with Gasteiger partial charge in [-0.3, -0.25) is 30.2 Å². The molecule has 5 N–H and O–H groups in total. The average molecular weight is 758 g/mol. The van der Waals surface area contributed by atoms with Crippen molar-refractivity contribution in [3.05, 3.63) is 47.3 Å². The van der Waals surface area contributed by atoms with E-state index in [0.717, 1.165) is 62.4 Å². The SMILES string of the molecule is CCC1([C@H](O)NC2CCC(CCC(=O)c3cc(C(C)C)[nH]n3)C2)CC1CC(C)C1=NNC(C(=O)N2CCC(NC(=O)c3ccccc3OC(F)(F)F)C2)C1. The third-order valence-electron chi connectivity index (χ3n) is 12.2. The van der Waals surface area contributed by atoms with E-state index in [9.17, 15) is 32.7 Å². The van der Waals surface area contributed by atoms with Crippen LogP contribution >= 0.6 is 0 Å². The van der Waals surface area contributed by atoms with Gasteiger partial charge in [0.05, 0.1) is 5.56 Å². The first kappa shape index (κ1) is 39.7. The van der Waals surface area contributed by atoms with Gasteiger partial charge in [-0.1, -0.05) is 39.8 Å². The van der Waals surface area contributed by atoms with E-state index in [1.54, 1.807) is 4.90 Å². The van der Waals surface area contributed by atoms with Crippen molar-refractivity contribution in [1.82, 2.24) is 31.2 Å². The fraction of sp³-hybridized carbons (Fsp3) is 0.667. The second-order valence-electron chi connectivity index (χ2n) is 16.2. The topological polar surface area (TPSA) is 161 Å². The van der Waals surface area contributed by atoms with Gasteiger partial charge in [-0.15, -0.1) is 13.2 Å². The zero-order chi connectivity index (χ0) is 38.8. The molecule has 6 rings (SSSR count). The van der Waals surface area contributed by atoms with Crippen LogP contribution in [0.1, 0.15) is 124 Å². The minimum atomic E-state index is -4.93. The number of hydrogen-bond acceptors (Lipinski definition) is 9. The summed E-state index contributed by atoms with van der Waals surface area (Å²) in [4.78, 5) is 40.6. The molecule has 12 nitrogen and oxygen atoms in total. The van der Waals surface area contributed by atoms with Crippen LogP contribution in [0.15, 0.2) is 35.4 Å². The molecule has 2 aliphatic heterocycles. The molecule has 296 valence electrons. The lowest BCUT2D eigenvalue weighted by Gasteiger charge is -2.28. The Hall–Kier alpha value is -3.98. The third kappa shape index (κ3) is 9.27. The van der Waals surface area contributed by atoms with Crippen LogP contribution in [0.4, 0.5) is 13.2 Å². The summed E-state index contributed by atoms with van der Waals surface area (Å²) in [7, 11) is 0. The number of halogens is 3. The molecule has 3 heterocycles. The van der Waals surface area contributed by atoms with Gasteiger partial charge in [-0.05, 0) is 93.2 Å². The van der Waals surface area contributed by atoms with Gasteiger partial charge in [-0.25, -0.2) is 0 Å². The number of carbonyl (C=O) groups excluding carboxylic acids is 3. The lowest BCUT2D eigenvalue weighted by Crippen LogP contribution is -2.44. The molecule has 0 bridgehead atoms. The van der Waals surface area contributed by atoms with Crippen LogP contribution in [0.5, 0.6) is 5.75 Å². The fourth-order valence-electron chi connectivity index (χ4n) is 8.70. The Morgan fingerprint density at radius 1 is 1.13 bits per heavy atom. The molecule has 2 aliphatic carbocycles. The predicted octanol–water partition coefficient (Wildman–Crippen LogP) is 5.66. The van der Waals surface area contributed by atoms with E-state index >= 15 is 0 Å². The van der Waals surface area contributed by atoms with Crippen molar-refractivity contribution in [2.75, 3.05) is 13.1 Å². The van der Waals surface area contributed by atoms with E-state index in [-0.39, 0.29) is 41.2 Å². The highest BCUT2D eigenvalue weighted by Gasteiger charge is 2.58. The summed E-state index contributed by atoms with van der Waals surface area (Å²) < 4.78 is 42.5. The summed E-state index contributed by atoms with van der Waals surface area (Å²) >= 11 is 0. The molecule has 1 saturated heterocycles. The Balaban J connectivity index is 0.914. The number of alkyl halides is 3. The molecule has 2 amide bonds. The lowest BCUT2D eigenvalue weighted by molar-refractivity contribution is -0.274. The van der Waals surface area contributed by atoms with Gasteiger partial charge in [0, 0.05) is 54.8 Å². The first-order chi connectivity index (χ1) is 25.7. The molecule has 4 aliphatic rings. The number of Topliss-reactive ketones (excluding diaryl/α,β-unsaturated/α-hetero) is 1. The van der Waals surface area contributed by atoms with Gasteiger partial charge in [0.15, 0.2) is 5.78 Å². The number of ether oxygens (including phenoxy) is 1. The molecule has 1 aromatic heterocycles. The van der Waals surface area contributed by atoms with Gasteiger partial charge < -0.3 is 20.1 Å². The highest BCUT2D eigenvalue weighted by atomic mass is 19.4. The number of hydrazone groups is 1.